The minimum Gasteiger partial charge on any atom is -0.391 e. The first-order chi connectivity index (χ1) is 21.9. The molecule has 2 aliphatic carbocycles. The van der Waals surface area contributed by atoms with Crippen molar-refractivity contribution in [3.05, 3.63) is 48.2 Å². The molecule has 12 nitrogen and oxygen atoms in total. The van der Waals surface area contributed by atoms with Gasteiger partial charge in [-0.15, -0.1) is 0 Å². The Morgan fingerprint density at radius 1 is 1.11 bits per heavy atom. The maximum atomic E-state index is 12.9. The Morgan fingerprint density at radius 3 is 2.38 bits per heavy atom. The van der Waals surface area contributed by atoms with Gasteiger partial charge in [-0.2, -0.15) is 26.6 Å². The number of amides is 1. The van der Waals surface area contributed by atoms with Crippen molar-refractivity contribution in [2.45, 2.75) is 64.0 Å². The Labute approximate surface area is 268 Å². The summed E-state index contributed by atoms with van der Waals surface area (Å²) in [4.78, 5) is 26.5. The zero-order valence-electron chi connectivity index (χ0n) is 26.2. The average molecular weight is 677 g/mol. The van der Waals surface area contributed by atoms with Crippen LogP contribution in [-0.2, 0) is 23.3 Å². The lowest BCUT2D eigenvalue weighted by molar-refractivity contribution is -0.159. The van der Waals surface area contributed by atoms with E-state index < -0.39 is 33.5 Å². The van der Waals surface area contributed by atoms with E-state index >= 15 is 0 Å². The van der Waals surface area contributed by atoms with E-state index in [9.17, 15) is 36.0 Å². The Kier molecular flexibility index (Phi) is 7.99. The second kappa shape index (κ2) is 11.4. The monoisotopic (exact) mass is 676 g/mol. The van der Waals surface area contributed by atoms with Gasteiger partial charge in [0.1, 0.15) is 5.69 Å². The highest BCUT2D eigenvalue weighted by Gasteiger charge is 2.64. The van der Waals surface area contributed by atoms with Crippen LogP contribution in [0.25, 0.3) is 33.7 Å². The molecular formula is C31H35F3N6O6S. The number of hydrogen-bond acceptors (Lipinski definition) is 9. The highest BCUT2D eigenvalue weighted by atomic mass is 32.2. The number of alkyl halides is 3. The fourth-order valence-corrected chi connectivity index (χ4v) is 8.97. The second-order valence-corrected chi connectivity index (χ2v) is 15.0. The molecule has 4 aromatic heterocycles. The van der Waals surface area contributed by atoms with Gasteiger partial charge in [0, 0.05) is 37.3 Å². The van der Waals surface area contributed by atoms with Crippen LogP contribution in [0, 0.1) is 16.7 Å². The predicted octanol–water partition coefficient (Wildman–Crippen LogP) is 5.00. The van der Waals surface area contributed by atoms with E-state index in [-0.39, 0.29) is 28.1 Å². The van der Waals surface area contributed by atoms with Gasteiger partial charge in [-0.3, -0.25) is 19.3 Å². The van der Waals surface area contributed by atoms with Crippen molar-refractivity contribution < 1.29 is 40.6 Å². The molecule has 0 spiro atoms. The minimum atomic E-state index is -4.73. The van der Waals surface area contributed by atoms with Crippen molar-refractivity contribution >= 4 is 26.9 Å². The number of halogens is 3. The number of aliphatic hydroxyl groups excluding tert-OH is 1. The first kappa shape index (κ1) is 33.0. The number of pyridine rings is 2. The number of rotatable bonds is 4. The molecule has 7 rings (SSSR count). The summed E-state index contributed by atoms with van der Waals surface area (Å²) in [6.45, 7) is 7.07. The van der Waals surface area contributed by atoms with E-state index in [2.05, 4.69) is 38.5 Å². The number of aromatic nitrogens is 5. The van der Waals surface area contributed by atoms with Gasteiger partial charge in [-0.05, 0) is 66.7 Å². The lowest BCUT2D eigenvalue weighted by Crippen LogP contribution is -2.40. The summed E-state index contributed by atoms with van der Waals surface area (Å²) in [6, 6.07) is 6.47. The molecule has 3 unspecified atom stereocenters. The smallest absolute Gasteiger partial charge is 0.391 e. The van der Waals surface area contributed by atoms with Gasteiger partial charge in [-0.25, -0.2) is 0 Å². The highest BCUT2D eigenvalue weighted by Crippen LogP contribution is 2.66. The molecule has 0 radical (unpaired) electrons. The van der Waals surface area contributed by atoms with Gasteiger partial charge in [0.25, 0.3) is 16.0 Å². The molecule has 5 heterocycles. The number of nitrogens with zero attached hydrogens (tertiary/aromatic N) is 6. The number of aryl methyl sites for hydroxylation is 1. The molecule has 4 aromatic rings. The van der Waals surface area contributed by atoms with Gasteiger partial charge in [0.2, 0.25) is 5.82 Å². The van der Waals surface area contributed by atoms with Crippen LogP contribution >= 0.6 is 0 Å². The summed E-state index contributed by atoms with van der Waals surface area (Å²) in [5, 5.41) is 13.3. The number of hydrogen-bond donors (Lipinski definition) is 2. The lowest BCUT2D eigenvalue weighted by Gasteiger charge is -2.37. The van der Waals surface area contributed by atoms with E-state index in [1.54, 1.807) is 34.8 Å². The molecular weight excluding hydrogens is 641 g/mol. The quantitative estimate of drug-likeness (QED) is 0.281. The van der Waals surface area contributed by atoms with Crippen molar-refractivity contribution in [3.63, 3.8) is 0 Å². The maximum absolute atomic E-state index is 12.9. The van der Waals surface area contributed by atoms with Crippen LogP contribution in [0.3, 0.4) is 0 Å². The zero-order chi connectivity index (χ0) is 34.1. The number of aliphatic hydroxyl groups is 1. The van der Waals surface area contributed by atoms with Crippen molar-refractivity contribution in [2.75, 3.05) is 13.1 Å². The number of carbonyl (C=O) groups excluding carboxylic acids is 1. The third-order valence-electron chi connectivity index (χ3n) is 10.6. The fraction of sp³-hybridized carbons (Fsp3) is 0.516. The second-order valence-electron chi connectivity index (χ2n) is 13.4. The summed E-state index contributed by atoms with van der Waals surface area (Å²) < 4.78 is 76.1. The summed E-state index contributed by atoms with van der Waals surface area (Å²) in [7, 11) is -2.10. The molecule has 2 bridgehead atoms. The van der Waals surface area contributed by atoms with Crippen molar-refractivity contribution in [3.8, 4) is 22.8 Å². The van der Waals surface area contributed by atoms with E-state index in [0.717, 1.165) is 23.7 Å². The van der Waals surface area contributed by atoms with Crippen LogP contribution in [-0.4, -0.2) is 78.0 Å². The normalized spacial score (nSPS) is 25.3. The molecule has 1 saturated heterocycles. The maximum Gasteiger partial charge on any atom is 0.471 e. The number of likely N-dealkylation sites (tertiary alicyclic amines) is 1. The first-order valence-electron chi connectivity index (χ1n) is 15.2. The Bertz CT molecular complexity index is 1960. The fourth-order valence-electron chi connectivity index (χ4n) is 7.41. The van der Waals surface area contributed by atoms with E-state index in [1.807, 2.05) is 6.92 Å². The molecule has 47 heavy (non-hydrogen) atoms. The van der Waals surface area contributed by atoms with Gasteiger partial charge < -0.3 is 19.1 Å². The SMILES string of the molecule is CC1(C)C2CCC1(C)C(S(=O)(=O)O)C2.Cn1c(C(=O)N2CC[C@H](O)C2)cc2cc(-c3cc(-c4noc(C(F)(F)F)n4)ccn3)ncc21. The Hall–Kier alpha value is -3.89. The number of carbonyl (C=O) groups is 1. The molecule has 1 aliphatic heterocycles. The van der Waals surface area contributed by atoms with Gasteiger partial charge in [0.15, 0.2) is 0 Å². The molecule has 0 aromatic carbocycles. The molecule has 252 valence electrons. The highest BCUT2D eigenvalue weighted by molar-refractivity contribution is 7.86. The van der Waals surface area contributed by atoms with Crippen LogP contribution in [0.1, 0.15) is 62.8 Å². The number of fused-ring (bicyclic) bond motifs is 3. The summed E-state index contributed by atoms with van der Waals surface area (Å²) in [6.07, 6.45) is 0.996. The molecule has 3 aliphatic rings. The Morgan fingerprint density at radius 2 is 1.83 bits per heavy atom. The van der Waals surface area contributed by atoms with Crippen molar-refractivity contribution in [2.24, 2.45) is 23.8 Å². The largest absolute Gasteiger partial charge is 0.471 e. The molecule has 4 atom stereocenters. The van der Waals surface area contributed by atoms with E-state index in [4.69, 9.17) is 0 Å². The van der Waals surface area contributed by atoms with Gasteiger partial charge in [0.05, 0.1) is 34.5 Å². The lowest BCUT2D eigenvalue weighted by atomic mass is 9.71. The Balaban J connectivity index is 0.000000230. The molecule has 2 saturated carbocycles. The standard InChI is InChI=1S/C21H17F3N6O3.C10H18O3S/c1-29-16(19(32)30-5-3-13(31)10-30)8-12-7-15(26-9-17(12)29)14-6-11(2-4-25-14)18-27-20(33-28-18)21(22,23)24;1-9(2)7-4-5-10(9,3)8(6-7)14(11,12)13/h2,4,6-9,13,31H,3,5,10H2,1H3;7-8H,4-6H2,1-3H3,(H,11,12,13)/t13-;/m0./s1. The van der Waals surface area contributed by atoms with Crippen LogP contribution in [0.15, 0.2) is 41.2 Å². The van der Waals surface area contributed by atoms with Gasteiger partial charge >= 0.3 is 12.1 Å². The minimum absolute atomic E-state index is 0.0491. The molecule has 2 N–H and O–H groups in total. The summed E-state index contributed by atoms with van der Waals surface area (Å²) in [5.41, 5.74) is 2.16. The van der Waals surface area contributed by atoms with E-state index in [1.165, 1.54) is 18.3 Å². The predicted molar refractivity (Wildman–Crippen MR) is 163 cm³/mol. The summed E-state index contributed by atoms with van der Waals surface area (Å²) >= 11 is 0. The first-order valence-corrected chi connectivity index (χ1v) is 16.7. The van der Waals surface area contributed by atoms with Gasteiger partial charge in [-0.1, -0.05) is 25.9 Å². The summed E-state index contributed by atoms with van der Waals surface area (Å²) in [5.74, 6) is -1.36. The average Bonchev–Trinajstić information content (AvgIpc) is 3.81. The molecule has 1 amide bonds. The third kappa shape index (κ3) is 5.80. The van der Waals surface area contributed by atoms with Crippen molar-refractivity contribution in [1.82, 2.24) is 29.6 Å². The number of β-amino-alcohol motifs (C(OH)–C–C–N with tert-alkyl or cyclic N) is 1. The van der Waals surface area contributed by atoms with Crippen molar-refractivity contribution in [1.29, 1.82) is 0 Å². The van der Waals surface area contributed by atoms with Crippen LogP contribution in [0.2, 0.25) is 0 Å². The van der Waals surface area contributed by atoms with Crippen LogP contribution in [0.4, 0.5) is 13.2 Å². The molecule has 3 fully saturated rings. The third-order valence-corrected chi connectivity index (χ3v) is 12.1. The van der Waals surface area contributed by atoms with E-state index in [0.29, 0.717) is 48.9 Å². The van der Waals surface area contributed by atoms with Crippen LogP contribution < -0.4 is 0 Å². The topological polar surface area (TPSA) is 165 Å². The molecule has 16 heteroatoms. The zero-order valence-corrected chi connectivity index (χ0v) is 27.0. The van der Waals surface area contributed by atoms with Crippen LogP contribution in [0.5, 0.6) is 0 Å².